The fraction of sp³-hybridized carbons (Fsp3) is 0.348. The van der Waals surface area contributed by atoms with E-state index in [1.54, 1.807) is 11.8 Å². The molecule has 1 N–H and O–H groups in total. The van der Waals surface area contributed by atoms with E-state index in [1.807, 2.05) is 35.2 Å². The van der Waals surface area contributed by atoms with Crippen LogP contribution < -0.4 is 5.32 Å². The van der Waals surface area contributed by atoms with Crippen LogP contribution in [0.3, 0.4) is 0 Å². The zero-order valence-corrected chi connectivity index (χ0v) is 17.9. The first-order valence-corrected chi connectivity index (χ1v) is 11.1. The summed E-state index contributed by atoms with van der Waals surface area (Å²) in [6.07, 6.45) is 3.54. The van der Waals surface area contributed by atoms with Crippen LogP contribution in [0.2, 0.25) is 0 Å². The predicted octanol–water partition coefficient (Wildman–Crippen LogP) is 4.89. The van der Waals surface area contributed by atoms with Gasteiger partial charge >= 0.3 is 6.03 Å². The van der Waals surface area contributed by atoms with Gasteiger partial charge in [-0.3, -0.25) is 4.99 Å². The fourth-order valence-corrected chi connectivity index (χ4v) is 4.38. The highest BCUT2D eigenvalue weighted by Crippen LogP contribution is 2.35. The molecule has 5 nitrogen and oxygen atoms in total. The highest BCUT2D eigenvalue weighted by molar-refractivity contribution is 8.15. The number of amides is 2. The summed E-state index contributed by atoms with van der Waals surface area (Å²) in [6, 6.07) is 16.0. The number of aliphatic imine (C=N–C) groups is 2. The number of aryl methyl sites for hydroxylation is 2. The molecule has 2 aliphatic rings. The van der Waals surface area contributed by atoms with Crippen LogP contribution in [-0.2, 0) is 0 Å². The molecule has 1 saturated heterocycles. The number of likely N-dealkylation sites (tertiary alicyclic amines) is 1. The Labute approximate surface area is 176 Å². The van der Waals surface area contributed by atoms with Crippen LogP contribution in [0, 0.1) is 13.8 Å². The molecule has 2 aromatic rings. The number of carbonyl (C=O) groups excluding carboxylic acids is 1. The number of hydrogen-bond acceptors (Lipinski definition) is 4. The van der Waals surface area contributed by atoms with Crippen LogP contribution in [0.5, 0.6) is 0 Å². The lowest BCUT2D eigenvalue weighted by Gasteiger charge is -2.35. The Balaban J connectivity index is 1.48. The number of carbonyl (C=O) groups is 1. The number of anilines is 1. The van der Waals surface area contributed by atoms with Gasteiger partial charge in [-0.25, -0.2) is 9.79 Å². The van der Waals surface area contributed by atoms with E-state index < -0.39 is 5.66 Å². The van der Waals surface area contributed by atoms with Gasteiger partial charge in [-0.15, -0.1) is 11.8 Å². The van der Waals surface area contributed by atoms with E-state index in [4.69, 9.17) is 9.98 Å². The highest BCUT2D eigenvalue weighted by atomic mass is 32.2. The number of nitrogens with zero attached hydrogens (tertiary/aromatic N) is 3. The van der Waals surface area contributed by atoms with Crippen molar-refractivity contribution < 1.29 is 4.79 Å². The molecule has 2 amide bonds. The average Bonchev–Trinajstić information content (AvgIpc) is 3.09. The van der Waals surface area contributed by atoms with E-state index in [-0.39, 0.29) is 6.03 Å². The summed E-state index contributed by atoms with van der Waals surface area (Å²) < 4.78 is 0. The quantitative estimate of drug-likeness (QED) is 0.772. The summed E-state index contributed by atoms with van der Waals surface area (Å²) in [6.45, 7) is 5.54. The molecule has 1 spiro atoms. The standard InChI is InChI=1S/C23H26N4OS/c1-16-9-10-18(15-17(16)2)20-21(29-3)26-23(25-20)11-13-27(14-12-23)22(28)24-19-7-5-4-6-8-19/h4-10,15H,11-14H2,1-3H3,(H,24,28). The highest BCUT2D eigenvalue weighted by Gasteiger charge is 2.40. The van der Waals surface area contributed by atoms with Crippen molar-refractivity contribution in [2.24, 2.45) is 9.98 Å². The summed E-state index contributed by atoms with van der Waals surface area (Å²) in [5.41, 5.74) is 5.04. The minimum absolute atomic E-state index is 0.0588. The fourth-order valence-electron chi connectivity index (χ4n) is 3.76. The van der Waals surface area contributed by atoms with Gasteiger partial charge in [0.05, 0.1) is 5.71 Å². The molecule has 150 valence electrons. The van der Waals surface area contributed by atoms with Gasteiger partial charge in [0, 0.05) is 37.2 Å². The number of piperidine rings is 1. The summed E-state index contributed by atoms with van der Waals surface area (Å²) in [7, 11) is 0. The first-order valence-electron chi connectivity index (χ1n) is 9.92. The average molecular weight is 407 g/mol. The van der Waals surface area contributed by atoms with Gasteiger partial charge in [0.15, 0.2) is 5.66 Å². The summed E-state index contributed by atoms with van der Waals surface area (Å²) in [4.78, 5) is 24.5. The zero-order chi connectivity index (χ0) is 20.4. The number of urea groups is 1. The molecule has 2 aliphatic heterocycles. The smallest absolute Gasteiger partial charge is 0.321 e. The van der Waals surface area contributed by atoms with Crippen molar-refractivity contribution in [2.45, 2.75) is 32.4 Å². The number of hydrogen-bond donors (Lipinski definition) is 1. The minimum atomic E-state index is -0.435. The van der Waals surface area contributed by atoms with Crippen LogP contribution >= 0.6 is 11.8 Å². The van der Waals surface area contributed by atoms with E-state index in [0.717, 1.165) is 34.8 Å². The molecule has 0 saturated carbocycles. The van der Waals surface area contributed by atoms with Gasteiger partial charge in [-0.2, -0.15) is 0 Å². The van der Waals surface area contributed by atoms with Crippen LogP contribution in [0.1, 0.15) is 29.5 Å². The first-order chi connectivity index (χ1) is 14.0. The summed E-state index contributed by atoms with van der Waals surface area (Å²) in [5, 5.41) is 3.96. The Morgan fingerprint density at radius 2 is 1.76 bits per heavy atom. The Morgan fingerprint density at radius 1 is 1.03 bits per heavy atom. The molecule has 2 heterocycles. The third kappa shape index (κ3) is 4.08. The van der Waals surface area contributed by atoms with Gasteiger partial charge in [0.2, 0.25) is 0 Å². The number of thioether (sulfide) groups is 1. The van der Waals surface area contributed by atoms with E-state index in [1.165, 1.54) is 11.1 Å². The maximum atomic E-state index is 12.6. The molecule has 0 bridgehead atoms. The van der Waals surface area contributed by atoms with Crippen LogP contribution in [0.4, 0.5) is 10.5 Å². The number of rotatable bonds is 2. The Hall–Kier alpha value is -2.60. The second kappa shape index (κ2) is 8.03. The van der Waals surface area contributed by atoms with Crippen molar-refractivity contribution in [1.29, 1.82) is 0 Å². The van der Waals surface area contributed by atoms with Crippen LogP contribution in [-0.4, -0.2) is 46.7 Å². The normalized spacial score (nSPS) is 17.8. The van der Waals surface area contributed by atoms with Crippen molar-refractivity contribution in [3.63, 3.8) is 0 Å². The molecule has 0 unspecified atom stereocenters. The molecule has 0 radical (unpaired) electrons. The third-order valence-corrected chi connectivity index (χ3v) is 6.35. The van der Waals surface area contributed by atoms with E-state index in [2.05, 4.69) is 43.6 Å². The molecule has 2 aromatic carbocycles. The summed E-state index contributed by atoms with van der Waals surface area (Å²) >= 11 is 1.65. The zero-order valence-electron chi connectivity index (χ0n) is 17.1. The maximum absolute atomic E-state index is 12.6. The maximum Gasteiger partial charge on any atom is 0.321 e. The molecule has 0 aliphatic carbocycles. The van der Waals surface area contributed by atoms with Gasteiger partial charge in [0.25, 0.3) is 0 Å². The van der Waals surface area contributed by atoms with Gasteiger partial charge < -0.3 is 10.2 Å². The van der Waals surface area contributed by atoms with Crippen molar-refractivity contribution >= 4 is 34.2 Å². The largest absolute Gasteiger partial charge is 0.324 e. The Kier molecular flexibility index (Phi) is 5.46. The lowest BCUT2D eigenvalue weighted by atomic mass is 9.98. The molecular formula is C23H26N4OS. The van der Waals surface area contributed by atoms with Crippen molar-refractivity contribution in [3.05, 3.63) is 65.2 Å². The SMILES string of the molecule is CSC1=NC2(CCN(C(=O)Nc3ccccc3)CC2)N=C1c1ccc(C)c(C)c1. The molecule has 1 fully saturated rings. The number of nitrogens with one attached hydrogen (secondary N) is 1. The molecule has 6 heteroatoms. The first kappa shape index (κ1) is 19.7. The molecular weight excluding hydrogens is 380 g/mol. The number of benzene rings is 2. The monoisotopic (exact) mass is 406 g/mol. The molecule has 0 aromatic heterocycles. The molecule has 29 heavy (non-hydrogen) atoms. The Morgan fingerprint density at radius 3 is 2.41 bits per heavy atom. The molecule has 0 atom stereocenters. The van der Waals surface area contributed by atoms with Gasteiger partial charge in [0.1, 0.15) is 5.04 Å². The van der Waals surface area contributed by atoms with E-state index in [0.29, 0.717) is 13.1 Å². The topological polar surface area (TPSA) is 57.1 Å². The van der Waals surface area contributed by atoms with Crippen LogP contribution in [0.15, 0.2) is 58.5 Å². The molecule has 4 rings (SSSR count). The Bertz CT molecular complexity index is 976. The predicted molar refractivity (Wildman–Crippen MR) is 122 cm³/mol. The third-order valence-electron chi connectivity index (χ3n) is 5.68. The summed E-state index contributed by atoms with van der Waals surface area (Å²) in [5.74, 6) is 0. The van der Waals surface area contributed by atoms with Crippen LogP contribution in [0.25, 0.3) is 0 Å². The second-order valence-corrected chi connectivity index (χ2v) is 8.44. The van der Waals surface area contributed by atoms with Gasteiger partial charge in [-0.1, -0.05) is 30.3 Å². The lowest BCUT2D eigenvalue weighted by molar-refractivity contribution is 0.175. The van der Waals surface area contributed by atoms with Crippen molar-refractivity contribution in [1.82, 2.24) is 4.90 Å². The van der Waals surface area contributed by atoms with E-state index >= 15 is 0 Å². The van der Waals surface area contributed by atoms with Crippen molar-refractivity contribution in [3.8, 4) is 0 Å². The van der Waals surface area contributed by atoms with E-state index in [9.17, 15) is 4.79 Å². The number of para-hydroxylation sites is 1. The minimum Gasteiger partial charge on any atom is -0.324 e. The lowest BCUT2D eigenvalue weighted by Crippen LogP contribution is -2.46. The van der Waals surface area contributed by atoms with Gasteiger partial charge in [-0.05, 0) is 49.4 Å². The second-order valence-electron chi connectivity index (χ2n) is 7.65. The van der Waals surface area contributed by atoms with Crippen molar-refractivity contribution in [2.75, 3.05) is 24.7 Å².